The molecule has 0 atom stereocenters. The fourth-order valence-electron chi connectivity index (χ4n) is 2.75. The van der Waals surface area contributed by atoms with Crippen molar-refractivity contribution in [3.05, 3.63) is 33.7 Å². The third-order valence-electron chi connectivity index (χ3n) is 4.08. The molecular weight excluding hydrogens is 320 g/mol. The number of piperazine rings is 1. The lowest BCUT2D eigenvalue weighted by molar-refractivity contribution is 0.0139. The van der Waals surface area contributed by atoms with Crippen LogP contribution in [0.2, 0.25) is 0 Å². The number of ether oxygens (including phenoxy) is 1. The summed E-state index contributed by atoms with van der Waals surface area (Å²) in [7, 11) is 0. The van der Waals surface area contributed by atoms with Gasteiger partial charge in [-0.05, 0) is 56.5 Å². The lowest BCUT2D eigenvalue weighted by Gasteiger charge is -2.35. The molecule has 0 spiro atoms. The lowest BCUT2D eigenvalue weighted by atomic mass is 10.0. The van der Waals surface area contributed by atoms with Gasteiger partial charge in [-0.3, -0.25) is 4.90 Å². The molecule has 0 radical (unpaired) electrons. The van der Waals surface area contributed by atoms with Crippen LogP contribution in [0.15, 0.2) is 17.2 Å². The number of rotatable bonds is 3. The van der Waals surface area contributed by atoms with Gasteiger partial charge in [-0.2, -0.15) is 0 Å². The first-order valence-corrected chi connectivity index (χ1v) is 8.34. The fourth-order valence-corrected chi connectivity index (χ4v) is 2.75. The molecule has 0 unspecified atom stereocenters. The van der Waals surface area contributed by atoms with Gasteiger partial charge in [-0.25, -0.2) is 4.79 Å². The quantitative estimate of drug-likeness (QED) is 0.390. The zero-order chi connectivity index (χ0) is 18.6. The van der Waals surface area contributed by atoms with Crippen LogP contribution in [0.5, 0.6) is 0 Å². The van der Waals surface area contributed by atoms with E-state index in [0.717, 1.165) is 24.2 Å². The molecule has 1 amide bonds. The summed E-state index contributed by atoms with van der Waals surface area (Å²) in [5, 5.41) is 3.70. The molecule has 1 saturated heterocycles. The van der Waals surface area contributed by atoms with Crippen molar-refractivity contribution in [3.63, 3.8) is 0 Å². The van der Waals surface area contributed by atoms with Crippen LogP contribution in [0.4, 0.5) is 16.2 Å². The van der Waals surface area contributed by atoms with Crippen molar-refractivity contribution >= 4 is 17.5 Å². The Bertz CT molecular complexity index is 683. The van der Waals surface area contributed by atoms with Crippen LogP contribution in [-0.2, 0) is 11.3 Å². The number of amides is 1. The molecule has 0 saturated carbocycles. The number of carbonyl (C=O) groups is 1. The number of nitrogens with two attached hydrogens (primary N) is 1. The summed E-state index contributed by atoms with van der Waals surface area (Å²) in [6, 6.07) is 3.59. The van der Waals surface area contributed by atoms with Gasteiger partial charge in [0.15, 0.2) is 0 Å². The second-order valence-electron chi connectivity index (χ2n) is 7.26. The predicted octanol–water partition coefficient (Wildman–Crippen LogP) is 3.57. The highest BCUT2D eigenvalue weighted by Crippen LogP contribution is 2.27. The number of nitrogen functional groups attached to an aromatic ring is 1. The van der Waals surface area contributed by atoms with Crippen molar-refractivity contribution < 1.29 is 9.53 Å². The largest absolute Gasteiger partial charge is 0.444 e. The molecule has 1 aliphatic rings. The minimum absolute atomic E-state index is 0.266. The van der Waals surface area contributed by atoms with Gasteiger partial charge in [0.25, 0.3) is 0 Å². The third kappa shape index (κ3) is 5.27. The summed E-state index contributed by atoms with van der Waals surface area (Å²) in [6.45, 7) is 11.0. The Morgan fingerprint density at radius 3 is 2.52 bits per heavy atom. The molecule has 8 nitrogen and oxygen atoms in total. The smallest absolute Gasteiger partial charge is 0.410 e. The minimum atomic E-state index is -0.482. The van der Waals surface area contributed by atoms with Crippen molar-refractivity contribution in [1.29, 1.82) is 0 Å². The highest BCUT2D eigenvalue weighted by Gasteiger charge is 2.26. The van der Waals surface area contributed by atoms with Crippen molar-refractivity contribution in [3.8, 4) is 0 Å². The standard InChI is InChI=1S/C17H26N6O2/c1-12-13(9-14(18)10-15(12)20-21-19)11-22-5-7-23(8-6-22)16(24)25-17(2,3)4/h9-10H,5-8,11,18H2,1-4H3. The van der Waals surface area contributed by atoms with E-state index in [1.807, 2.05) is 33.8 Å². The van der Waals surface area contributed by atoms with Crippen LogP contribution in [-0.4, -0.2) is 47.7 Å². The molecule has 136 valence electrons. The second-order valence-corrected chi connectivity index (χ2v) is 7.26. The van der Waals surface area contributed by atoms with Gasteiger partial charge >= 0.3 is 6.09 Å². The molecule has 0 aromatic heterocycles. The van der Waals surface area contributed by atoms with E-state index in [1.54, 1.807) is 11.0 Å². The van der Waals surface area contributed by atoms with E-state index in [4.69, 9.17) is 16.0 Å². The zero-order valence-corrected chi connectivity index (χ0v) is 15.3. The molecular formula is C17H26N6O2. The summed E-state index contributed by atoms with van der Waals surface area (Å²) in [5.41, 5.74) is 17.2. The van der Waals surface area contributed by atoms with Crippen LogP contribution in [0, 0.1) is 6.92 Å². The Morgan fingerprint density at radius 1 is 1.32 bits per heavy atom. The number of anilines is 1. The summed E-state index contributed by atoms with van der Waals surface area (Å²) in [6.07, 6.45) is -0.266. The Hall–Kier alpha value is -2.44. The van der Waals surface area contributed by atoms with Crippen LogP contribution in [0.1, 0.15) is 31.9 Å². The van der Waals surface area contributed by atoms with E-state index in [-0.39, 0.29) is 6.09 Å². The van der Waals surface area contributed by atoms with Gasteiger partial charge in [-0.1, -0.05) is 5.11 Å². The lowest BCUT2D eigenvalue weighted by Crippen LogP contribution is -2.49. The Kier molecular flexibility index (Phi) is 5.77. The van der Waals surface area contributed by atoms with E-state index in [1.165, 1.54) is 0 Å². The Morgan fingerprint density at radius 2 is 1.96 bits per heavy atom. The maximum Gasteiger partial charge on any atom is 0.410 e. The normalized spacial score (nSPS) is 15.6. The molecule has 1 heterocycles. The molecule has 0 aliphatic carbocycles. The van der Waals surface area contributed by atoms with Gasteiger partial charge < -0.3 is 15.4 Å². The molecule has 0 bridgehead atoms. The number of hydrogen-bond donors (Lipinski definition) is 1. The summed E-state index contributed by atoms with van der Waals surface area (Å²) < 4.78 is 5.41. The zero-order valence-electron chi connectivity index (χ0n) is 15.3. The fraction of sp³-hybridized carbons (Fsp3) is 0.588. The van der Waals surface area contributed by atoms with Crippen molar-refractivity contribution in [2.75, 3.05) is 31.9 Å². The topological polar surface area (TPSA) is 108 Å². The van der Waals surface area contributed by atoms with E-state index in [9.17, 15) is 4.79 Å². The maximum atomic E-state index is 12.1. The highest BCUT2D eigenvalue weighted by molar-refractivity contribution is 5.68. The number of benzene rings is 1. The van der Waals surface area contributed by atoms with E-state index >= 15 is 0 Å². The summed E-state index contributed by atoms with van der Waals surface area (Å²) in [4.78, 5) is 19.0. The van der Waals surface area contributed by atoms with Gasteiger partial charge in [-0.15, -0.1) is 0 Å². The average Bonchev–Trinajstić information content (AvgIpc) is 2.51. The first-order valence-electron chi connectivity index (χ1n) is 8.34. The Labute approximate surface area is 148 Å². The van der Waals surface area contributed by atoms with Crippen LogP contribution < -0.4 is 5.73 Å². The van der Waals surface area contributed by atoms with Gasteiger partial charge in [0.2, 0.25) is 0 Å². The van der Waals surface area contributed by atoms with E-state index < -0.39 is 5.60 Å². The van der Waals surface area contributed by atoms with Crippen molar-refractivity contribution in [1.82, 2.24) is 9.80 Å². The van der Waals surface area contributed by atoms with Crippen molar-refractivity contribution in [2.45, 2.75) is 39.8 Å². The van der Waals surface area contributed by atoms with Crippen LogP contribution >= 0.6 is 0 Å². The first kappa shape index (κ1) is 18.9. The van der Waals surface area contributed by atoms with E-state index in [0.29, 0.717) is 31.0 Å². The molecule has 8 heteroatoms. The second kappa shape index (κ2) is 7.63. The Balaban J connectivity index is 1.99. The molecule has 25 heavy (non-hydrogen) atoms. The number of carbonyl (C=O) groups excluding carboxylic acids is 1. The van der Waals surface area contributed by atoms with Crippen molar-refractivity contribution in [2.24, 2.45) is 5.11 Å². The van der Waals surface area contributed by atoms with Crippen LogP contribution in [0.25, 0.3) is 10.4 Å². The molecule has 1 aromatic carbocycles. The number of azide groups is 1. The van der Waals surface area contributed by atoms with Crippen LogP contribution in [0.3, 0.4) is 0 Å². The number of hydrogen-bond acceptors (Lipinski definition) is 5. The molecule has 2 N–H and O–H groups in total. The molecule has 2 rings (SSSR count). The minimum Gasteiger partial charge on any atom is -0.444 e. The number of nitrogens with zero attached hydrogens (tertiary/aromatic N) is 5. The summed E-state index contributed by atoms with van der Waals surface area (Å²) in [5.74, 6) is 0. The van der Waals surface area contributed by atoms with Gasteiger partial charge in [0.1, 0.15) is 5.60 Å². The summed E-state index contributed by atoms with van der Waals surface area (Å²) >= 11 is 0. The molecule has 1 aromatic rings. The van der Waals surface area contributed by atoms with E-state index in [2.05, 4.69) is 14.9 Å². The average molecular weight is 346 g/mol. The predicted molar refractivity (Wildman–Crippen MR) is 97.5 cm³/mol. The SMILES string of the molecule is Cc1c(CN2CCN(C(=O)OC(C)(C)C)CC2)cc(N)cc1N=[N+]=[N-]. The van der Waals surface area contributed by atoms with Gasteiger partial charge in [0.05, 0.1) is 0 Å². The highest BCUT2D eigenvalue weighted by atomic mass is 16.6. The first-order chi connectivity index (χ1) is 11.7. The molecule has 1 fully saturated rings. The monoisotopic (exact) mass is 346 g/mol. The molecule has 1 aliphatic heterocycles. The maximum absolute atomic E-state index is 12.1. The third-order valence-corrected chi connectivity index (χ3v) is 4.08. The van der Waals surface area contributed by atoms with Gasteiger partial charge in [0, 0.05) is 49.0 Å².